The molecular formula is H7AlO5Si. The Morgan fingerprint density at radius 3 is 0.857 bits per heavy atom. The molecule has 0 saturated heterocycles. The first-order valence-electron chi connectivity index (χ1n) is 1.34. The first kappa shape index (κ1) is 10.5. The van der Waals surface area contributed by atoms with Crippen molar-refractivity contribution in [3.63, 3.8) is 0 Å². The SMILES string of the molecule is O[Si](O)(O)O.[OH][AlH2]. The highest BCUT2D eigenvalue weighted by atomic mass is 28.4. The van der Waals surface area contributed by atoms with Crippen molar-refractivity contribution < 1.29 is 23.3 Å². The van der Waals surface area contributed by atoms with Crippen molar-refractivity contribution in [1.82, 2.24) is 0 Å². The first-order valence-corrected chi connectivity index (χ1v) is 4.02. The third-order valence-corrected chi connectivity index (χ3v) is 0. The van der Waals surface area contributed by atoms with E-state index in [2.05, 4.69) is 0 Å². The Morgan fingerprint density at radius 2 is 0.857 bits per heavy atom. The molecule has 5 nitrogen and oxygen atoms in total. The molecule has 7 heavy (non-hydrogen) atoms. The van der Waals surface area contributed by atoms with Crippen LogP contribution in [0.3, 0.4) is 0 Å². The summed E-state index contributed by atoms with van der Waals surface area (Å²) < 4.78 is 7.14. The topological polar surface area (TPSA) is 101 Å². The fourth-order valence-corrected chi connectivity index (χ4v) is 0. The Hall–Kier alpha value is 0.549. The molecule has 0 spiro atoms. The fraction of sp³-hybridized carbons (Fsp3) is 0. The molecule has 0 saturated carbocycles. The highest BCUT2D eigenvalue weighted by Crippen LogP contribution is 1.67. The molecule has 7 heteroatoms. The molecule has 0 aliphatic heterocycles. The predicted octanol–water partition coefficient (Wildman–Crippen LogP) is -4.08. The standard InChI is InChI=1S/Al.H4O4Si.H2O.2H/c;1-5(2,3)4;;;/h;1-4H;1H2;;/q+1;;;;/p-1. The quantitative estimate of drug-likeness (QED) is 0.221. The minimum absolute atomic E-state index is 0.306. The van der Waals surface area contributed by atoms with Crippen molar-refractivity contribution in [1.29, 1.82) is 0 Å². The molecule has 0 amide bonds. The van der Waals surface area contributed by atoms with Crippen LogP contribution in [0.5, 0.6) is 0 Å². The molecule has 44 valence electrons. The molecule has 0 aromatic rings. The number of hydrogen-bond acceptors (Lipinski definition) is 5. The summed E-state index contributed by atoms with van der Waals surface area (Å²) in [6, 6.07) is 0. The zero-order chi connectivity index (χ0) is 6.50. The summed E-state index contributed by atoms with van der Waals surface area (Å²) in [6.07, 6.45) is 0. The van der Waals surface area contributed by atoms with Crippen LogP contribution in [0, 0.1) is 0 Å². The third kappa shape index (κ3) is 449. The lowest BCUT2D eigenvalue weighted by atomic mass is 15.7. The monoisotopic (exact) mass is 142 g/mol. The van der Waals surface area contributed by atoms with E-state index >= 15 is 0 Å². The Labute approximate surface area is 49.7 Å². The first-order chi connectivity index (χ1) is 3.00. The van der Waals surface area contributed by atoms with Gasteiger partial charge in [-0.15, -0.1) is 0 Å². The molecule has 0 aromatic heterocycles. The van der Waals surface area contributed by atoms with Crippen molar-refractivity contribution in [2.24, 2.45) is 0 Å². The van der Waals surface area contributed by atoms with Crippen LogP contribution < -0.4 is 0 Å². The van der Waals surface area contributed by atoms with Crippen LogP contribution >= 0.6 is 0 Å². The van der Waals surface area contributed by atoms with E-state index in [1.165, 1.54) is 0 Å². The van der Waals surface area contributed by atoms with Gasteiger partial charge < -0.3 is 23.3 Å². The normalized spacial score (nSPS) is 9.29. The Kier molecular flexibility index (Phi) is 7.06. The van der Waals surface area contributed by atoms with Gasteiger partial charge in [0.2, 0.25) is 0 Å². The third-order valence-electron chi connectivity index (χ3n) is 0. The lowest BCUT2D eigenvalue weighted by Crippen LogP contribution is -2.33. The van der Waals surface area contributed by atoms with Crippen LogP contribution in [0.1, 0.15) is 0 Å². The summed E-state index contributed by atoms with van der Waals surface area (Å²) in [5.74, 6) is 0. The summed E-state index contributed by atoms with van der Waals surface area (Å²) in [7, 11) is -4.61. The maximum Gasteiger partial charge on any atom is 0.668 e. The van der Waals surface area contributed by atoms with Crippen LogP contribution in [0.15, 0.2) is 0 Å². The zero-order valence-corrected chi connectivity index (χ0v) is 6.74. The van der Waals surface area contributed by atoms with Crippen LogP contribution in [0.4, 0.5) is 0 Å². The lowest BCUT2D eigenvalue weighted by Gasteiger charge is -1.91. The molecule has 0 fully saturated rings. The number of hydrogen-bond donors (Lipinski definition) is 5. The molecule has 0 bridgehead atoms. The summed E-state index contributed by atoms with van der Waals surface area (Å²) in [4.78, 5) is 29.3. The van der Waals surface area contributed by atoms with Gasteiger partial charge in [0.15, 0.2) is 0 Å². The van der Waals surface area contributed by atoms with Gasteiger partial charge >= 0.3 is 25.7 Å². The summed E-state index contributed by atoms with van der Waals surface area (Å²) in [5.41, 5.74) is 0. The van der Waals surface area contributed by atoms with E-state index in [0.717, 1.165) is 0 Å². The number of rotatable bonds is 0. The Balaban J connectivity index is 0. The molecule has 0 aromatic carbocycles. The van der Waals surface area contributed by atoms with Crippen LogP contribution in [0.2, 0.25) is 0 Å². The van der Waals surface area contributed by atoms with E-state index in [-0.39, 0.29) is 0 Å². The van der Waals surface area contributed by atoms with Crippen LogP contribution in [-0.4, -0.2) is 49.0 Å². The lowest BCUT2D eigenvalue weighted by molar-refractivity contribution is 0.117. The maximum absolute atomic E-state index is 7.33. The Bertz CT molecular complexity index is 23.6. The second-order valence-corrected chi connectivity index (χ2v) is 1.80. The van der Waals surface area contributed by atoms with E-state index in [4.69, 9.17) is 23.3 Å². The van der Waals surface area contributed by atoms with Crippen LogP contribution in [-0.2, 0) is 0 Å². The van der Waals surface area contributed by atoms with Gasteiger partial charge in [-0.25, -0.2) is 0 Å². The van der Waals surface area contributed by atoms with Crippen molar-refractivity contribution >= 4 is 25.7 Å². The van der Waals surface area contributed by atoms with Gasteiger partial charge in [-0.05, 0) is 0 Å². The summed E-state index contributed by atoms with van der Waals surface area (Å²) in [6.45, 7) is 0. The van der Waals surface area contributed by atoms with Gasteiger partial charge in [0.25, 0.3) is 0 Å². The smallest absolute Gasteiger partial charge is 0.521 e. The van der Waals surface area contributed by atoms with Gasteiger partial charge in [0.05, 0.1) is 0 Å². The van der Waals surface area contributed by atoms with E-state index < -0.39 is 9.05 Å². The van der Waals surface area contributed by atoms with Gasteiger partial charge in [-0.2, -0.15) is 0 Å². The fourth-order valence-electron chi connectivity index (χ4n) is 0. The average Bonchev–Trinajstić information content (AvgIpc) is 1.36. The highest BCUT2D eigenvalue weighted by molar-refractivity contribution is 6.46. The summed E-state index contributed by atoms with van der Waals surface area (Å²) in [5, 5.41) is 0. The van der Waals surface area contributed by atoms with E-state index in [1.807, 2.05) is 0 Å². The van der Waals surface area contributed by atoms with Gasteiger partial charge in [0.1, 0.15) is 0 Å². The maximum atomic E-state index is 7.33. The molecule has 0 aliphatic rings. The second-order valence-electron chi connectivity index (χ2n) is 0.600. The molecule has 0 aliphatic carbocycles. The van der Waals surface area contributed by atoms with E-state index in [1.54, 1.807) is 0 Å². The average molecular weight is 142 g/mol. The molecule has 5 N–H and O–H groups in total. The van der Waals surface area contributed by atoms with Gasteiger partial charge in [-0.3, -0.25) is 0 Å². The van der Waals surface area contributed by atoms with Gasteiger partial charge in [0, 0.05) is 0 Å². The van der Waals surface area contributed by atoms with Gasteiger partial charge in [-0.1, -0.05) is 0 Å². The molecule has 0 atom stereocenters. The predicted molar refractivity (Wildman–Crippen MR) is 25.4 cm³/mol. The highest BCUT2D eigenvalue weighted by Gasteiger charge is 2.22. The molecular weight excluding hydrogens is 135 g/mol. The minimum atomic E-state index is -4.61. The molecule has 0 heterocycles. The van der Waals surface area contributed by atoms with E-state index in [9.17, 15) is 0 Å². The Morgan fingerprint density at radius 1 is 0.857 bits per heavy atom. The van der Waals surface area contributed by atoms with Crippen LogP contribution in [0.25, 0.3) is 0 Å². The zero-order valence-electron chi connectivity index (χ0n) is 3.74. The van der Waals surface area contributed by atoms with E-state index in [0.29, 0.717) is 16.6 Å². The molecule has 0 rings (SSSR count). The molecule has 0 unspecified atom stereocenters. The minimum Gasteiger partial charge on any atom is -0.521 e. The van der Waals surface area contributed by atoms with Crippen molar-refractivity contribution in [3.05, 3.63) is 0 Å². The van der Waals surface area contributed by atoms with Crippen molar-refractivity contribution in [3.8, 4) is 0 Å². The molecule has 0 radical (unpaired) electrons. The second kappa shape index (κ2) is 4.70. The van der Waals surface area contributed by atoms with Crippen molar-refractivity contribution in [2.75, 3.05) is 0 Å². The van der Waals surface area contributed by atoms with Crippen molar-refractivity contribution in [2.45, 2.75) is 0 Å². The summed E-state index contributed by atoms with van der Waals surface area (Å²) >= 11 is 0.306. The largest absolute Gasteiger partial charge is 0.668 e.